The Balaban J connectivity index is 1.63. The molecule has 2 bridgehead atoms. The summed E-state index contributed by atoms with van der Waals surface area (Å²) in [6.45, 7) is 3.64. The maximum atomic E-state index is 13.7. The van der Waals surface area contributed by atoms with Gasteiger partial charge in [-0.3, -0.25) is 0 Å². The van der Waals surface area contributed by atoms with Crippen LogP contribution in [0.5, 0.6) is 0 Å². The van der Waals surface area contributed by atoms with Crippen LogP contribution in [0, 0.1) is 17.0 Å². The number of rotatable bonds is 0. The fraction of sp³-hybridized carbons (Fsp3) is 0.579. The average molecular weight is 310 g/mol. The van der Waals surface area contributed by atoms with Crippen molar-refractivity contribution in [3.8, 4) is 0 Å². The van der Waals surface area contributed by atoms with Crippen LogP contribution >= 0.6 is 0 Å². The van der Waals surface area contributed by atoms with E-state index >= 15 is 0 Å². The van der Waals surface area contributed by atoms with Crippen molar-refractivity contribution in [2.45, 2.75) is 43.4 Å². The molecule has 0 aromatic heterocycles. The molecule has 1 aliphatic carbocycles. The fourth-order valence-corrected chi connectivity index (χ4v) is 6.64. The summed E-state index contributed by atoms with van der Waals surface area (Å²) in [7, 11) is 0. The van der Waals surface area contributed by atoms with Crippen molar-refractivity contribution in [3.63, 3.8) is 0 Å². The van der Waals surface area contributed by atoms with Gasteiger partial charge in [-0.25, -0.2) is 0 Å². The van der Waals surface area contributed by atoms with Gasteiger partial charge in [-0.15, -0.1) is 0 Å². The van der Waals surface area contributed by atoms with E-state index in [1.165, 1.54) is 16.8 Å². The highest BCUT2D eigenvalue weighted by Gasteiger charge is 2.70. The minimum atomic E-state index is -0.0183. The predicted octanol–water partition coefficient (Wildman–Crippen LogP) is 2.76. The van der Waals surface area contributed by atoms with Gasteiger partial charge in [0, 0.05) is 24.4 Å². The van der Waals surface area contributed by atoms with Crippen LogP contribution in [-0.4, -0.2) is 35.9 Å². The van der Waals surface area contributed by atoms with Crippen LogP contribution in [-0.2, 0) is 10.2 Å². The van der Waals surface area contributed by atoms with Gasteiger partial charge in [0.1, 0.15) is 12.1 Å². The summed E-state index contributed by atoms with van der Waals surface area (Å²) < 4.78 is 6.01. The molecule has 5 aliphatic rings. The van der Waals surface area contributed by atoms with Crippen LogP contribution in [0.2, 0.25) is 0 Å². The monoisotopic (exact) mass is 310 g/mol. The van der Waals surface area contributed by atoms with Crippen LogP contribution < -0.4 is 5.32 Å². The number of benzene rings is 1. The smallest absolute Gasteiger partial charge is 0.104 e. The molecule has 4 heteroatoms. The zero-order valence-corrected chi connectivity index (χ0v) is 13.4. The molecular weight excluding hydrogens is 288 g/mol. The lowest BCUT2D eigenvalue weighted by Crippen LogP contribution is -2.68. The van der Waals surface area contributed by atoms with E-state index in [0.717, 1.165) is 25.9 Å². The van der Waals surface area contributed by atoms with Crippen LogP contribution in [0.25, 0.3) is 0 Å². The molecule has 4 aliphatic heterocycles. The van der Waals surface area contributed by atoms with E-state index in [1.54, 1.807) is 0 Å². The minimum absolute atomic E-state index is 0.00859. The Labute approximate surface area is 136 Å². The van der Waals surface area contributed by atoms with Gasteiger partial charge in [-0.05, 0) is 24.1 Å². The highest BCUT2D eigenvalue weighted by atomic mass is 16.6. The molecule has 2 unspecified atom stereocenters. The molecule has 2 saturated heterocycles. The molecule has 1 aromatic rings. The Bertz CT molecular complexity index is 747. The molecule has 7 atom stereocenters. The molecule has 6 rings (SSSR count). The largest absolute Gasteiger partial charge is 0.633 e. The summed E-state index contributed by atoms with van der Waals surface area (Å²) in [5.41, 5.74) is 4.01. The molecule has 4 nitrogen and oxygen atoms in total. The average Bonchev–Trinajstić information content (AvgIpc) is 3.06. The Morgan fingerprint density at radius 2 is 2.22 bits per heavy atom. The zero-order valence-electron chi connectivity index (χ0n) is 13.4. The van der Waals surface area contributed by atoms with E-state index in [2.05, 4.69) is 36.5 Å². The van der Waals surface area contributed by atoms with Gasteiger partial charge >= 0.3 is 0 Å². The molecule has 1 spiro atoms. The van der Waals surface area contributed by atoms with Crippen molar-refractivity contribution >= 4 is 5.69 Å². The van der Waals surface area contributed by atoms with E-state index in [4.69, 9.17) is 4.74 Å². The highest BCUT2D eigenvalue weighted by molar-refractivity contribution is 5.66. The van der Waals surface area contributed by atoms with Gasteiger partial charge in [0.2, 0.25) is 0 Å². The Morgan fingerprint density at radius 1 is 1.35 bits per heavy atom. The molecule has 3 fully saturated rings. The fourth-order valence-electron chi connectivity index (χ4n) is 6.64. The molecular formula is C19H22N2O2. The summed E-state index contributed by atoms with van der Waals surface area (Å²) in [5, 5.41) is 17.5. The van der Waals surface area contributed by atoms with Crippen molar-refractivity contribution < 1.29 is 9.38 Å². The van der Waals surface area contributed by atoms with Crippen molar-refractivity contribution in [3.05, 3.63) is 46.9 Å². The number of ether oxygens (including phenoxy) is 1. The van der Waals surface area contributed by atoms with Crippen molar-refractivity contribution in [2.24, 2.45) is 11.8 Å². The number of hydrogen-bond donors (Lipinski definition) is 1. The van der Waals surface area contributed by atoms with E-state index in [1.807, 2.05) is 6.26 Å². The van der Waals surface area contributed by atoms with Gasteiger partial charge in [-0.1, -0.05) is 18.2 Å². The lowest BCUT2D eigenvalue weighted by molar-refractivity contribution is -0.906. The van der Waals surface area contributed by atoms with Crippen molar-refractivity contribution in [1.29, 1.82) is 0 Å². The van der Waals surface area contributed by atoms with Crippen LogP contribution in [0.4, 0.5) is 5.69 Å². The van der Waals surface area contributed by atoms with Crippen LogP contribution in [0.15, 0.2) is 36.1 Å². The number of hydroxylamine groups is 3. The maximum Gasteiger partial charge on any atom is 0.104 e. The van der Waals surface area contributed by atoms with Gasteiger partial charge in [0.15, 0.2) is 0 Å². The first-order valence-corrected chi connectivity index (χ1v) is 8.93. The zero-order chi connectivity index (χ0) is 15.4. The number of anilines is 1. The second-order valence-electron chi connectivity index (χ2n) is 8.25. The maximum absolute atomic E-state index is 13.7. The number of hydrogen-bond acceptors (Lipinski definition) is 3. The second kappa shape index (κ2) is 3.76. The topological polar surface area (TPSA) is 44.3 Å². The van der Waals surface area contributed by atoms with Gasteiger partial charge in [-0.2, -0.15) is 0 Å². The Hall–Kier alpha value is -1.52. The second-order valence-corrected chi connectivity index (χ2v) is 8.25. The third-order valence-corrected chi connectivity index (χ3v) is 7.61. The van der Waals surface area contributed by atoms with E-state index in [0.29, 0.717) is 11.8 Å². The number of nitrogens with one attached hydrogen (secondary N) is 1. The quantitative estimate of drug-likeness (QED) is 0.592. The molecule has 1 N–H and O–H groups in total. The highest BCUT2D eigenvalue weighted by Crippen LogP contribution is 2.64. The summed E-state index contributed by atoms with van der Waals surface area (Å²) in [4.78, 5) is 0. The molecule has 4 heterocycles. The first kappa shape index (κ1) is 12.8. The van der Waals surface area contributed by atoms with Crippen LogP contribution in [0.3, 0.4) is 0 Å². The van der Waals surface area contributed by atoms with Crippen LogP contribution in [0.1, 0.15) is 25.3 Å². The number of para-hydroxylation sites is 1. The summed E-state index contributed by atoms with van der Waals surface area (Å²) >= 11 is 0. The summed E-state index contributed by atoms with van der Waals surface area (Å²) in [5.74, 6) is 0.910. The molecule has 0 radical (unpaired) electrons. The normalized spacial score (nSPS) is 51.2. The molecule has 23 heavy (non-hydrogen) atoms. The van der Waals surface area contributed by atoms with Gasteiger partial charge in [0.25, 0.3) is 0 Å². The van der Waals surface area contributed by atoms with E-state index in [9.17, 15) is 5.21 Å². The lowest BCUT2D eigenvalue weighted by Gasteiger charge is -2.61. The summed E-state index contributed by atoms with van der Waals surface area (Å²) in [6.07, 6.45) is 4.25. The molecule has 120 valence electrons. The number of piperidine rings is 1. The predicted molar refractivity (Wildman–Crippen MR) is 87.5 cm³/mol. The van der Waals surface area contributed by atoms with E-state index < -0.39 is 0 Å². The number of nitrogens with zero attached hydrogens (tertiary/aromatic N) is 1. The number of quaternary nitrogens is 1. The van der Waals surface area contributed by atoms with Crippen molar-refractivity contribution in [1.82, 2.24) is 0 Å². The lowest BCUT2D eigenvalue weighted by atomic mass is 9.56. The van der Waals surface area contributed by atoms with E-state index in [-0.39, 0.29) is 28.2 Å². The third-order valence-electron chi connectivity index (χ3n) is 7.61. The molecule has 1 saturated carbocycles. The standard InChI is InChI=1S/C19H22N2O2/c1-11-13-9-21(22)7-6-19-15-4-2-3-5-16(15)20-18(19)14(10-23-11)12(13)8-17(19)21/h2-5,10-13,17-18,20H,6-9H2,1H3/t11-,12+,13+,17+,18+,19?,21?/m1/s1. The number of fused-ring (bicyclic) bond motifs is 2. The Morgan fingerprint density at radius 3 is 3.13 bits per heavy atom. The molecule has 0 amide bonds. The summed E-state index contributed by atoms with van der Waals surface area (Å²) in [6, 6.07) is 9.11. The Kier molecular flexibility index (Phi) is 2.10. The van der Waals surface area contributed by atoms with Gasteiger partial charge < -0.3 is 19.9 Å². The SMILES string of the molecule is C[C@H]1OC=C2[C@H]3C[C@H]4C5(CC[N+]4([O-])C[C@H]31)c1ccccc1N[C@@H]25. The van der Waals surface area contributed by atoms with Gasteiger partial charge in [0.05, 0.1) is 36.7 Å². The molecule has 1 aromatic carbocycles. The first-order valence-electron chi connectivity index (χ1n) is 8.93. The minimum Gasteiger partial charge on any atom is -0.633 e. The third kappa shape index (κ3) is 1.26. The van der Waals surface area contributed by atoms with Crippen molar-refractivity contribution in [2.75, 3.05) is 18.4 Å². The first-order chi connectivity index (χ1) is 11.1.